The lowest BCUT2D eigenvalue weighted by Gasteiger charge is -2.33. The molecule has 2 N–H and O–H groups in total. The Morgan fingerprint density at radius 3 is 2.67 bits per heavy atom. The molecule has 2 heterocycles. The van der Waals surface area contributed by atoms with E-state index in [9.17, 15) is 4.79 Å². The van der Waals surface area contributed by atoms with Crippen LogP contribution in [-0.4, -0.2) is 49.5 Å². The lowest BCUT2D eigenvalue weighted by atomic mass is 10.0. The van der Waals surface area contributed by atoms with Crippen molar-refractivity contribution < 1.29 is 14.3 Å². The van der Waals surface area contributed by atoms with E-state index in [1.165, 1.54) is 0 Å². The maximum absolute atomic E-state index is 12.8. The lowest BCUT2D eigenvalue weighted by Crippen LogP contribution is -2.48. The molecule has 1 saturated heterocycles. The predicted octanol–water partition coefficient (Wildman–Crippen LogP) is 3.49. The van der Waals surface area contributed by atoms with Crippen molar-refractivity contribution in [2.45, 2.75) is 18.9 Å². The van der Waals surface area contributed by atoms with Crippen LogP contribution in [-0.2, 0) is 0 Å². The van der Waals surface area contributed by atoms with Crippen LogP contribution in [0.25, 0.3) is 11.3 Å². The quantitative estimate of drug-likeness (QED) is 0.655. The lowest BCUT2D eigenvalue weighted by molar-refractivity contribution is 0.0932. The Bertz CT molecular complexity index is 1000. The molecule has 4 rings (SSSR count). The second-order valence-electron chi connectivity index (χ2n) is 7.33. The summed E-state index contributed by atoms with van der Waals surface area (Å²) in [5.74, 6) is 1.93. The van der Waals surface area contributed by atoms with Crippen molar-refractivity contribution in [3.63, 3.8) is 0 Å². The zero-order valence-electron chi connectivity index (χ0n) is 17.2. The van der Waals surface area contributed by atoms with E-state index in [0.717, 1.165) is 43.0 Å². The van der Waals surface area contributed by atoms with Crippen LogP contribution in [0.1, 0.15) is 23.2 Å². The Labute approximate surface area is 176 Å². The van der Waals surface area contributed by atoms with Crippen molar-refractivity contribution in [2.24, 2.45) is 0 Å². The standard InChI is InChI=1S/C23H26N4O3/c1-29-20-11-10-17(13-21(20)30-2)23(28)24-18-9-6-12-27(15-18)22-14-19(25-26-22)16-7-4-3-5-8-16/h3-5,7-8,10-11,13-14,18H,6,9,12,15H2,1-2H3,(H,24,28)(H,25,26)/t18-/m0/s1. The van der Waals surface area contributed by atoms with Crippen molar-refractivity contribution in [1.29, 1.82) is 0 Å². The van der Waals surface area contributed by atoms with Crippen LogP contribution in [0.4, 0.5) is 5.82 Å². The summed E-state index contributed by atoms with van der Waals surface area (Å²) < 4.78 is 10.6. The van der Waals surface area contributed by atoms with Crippen LogP contribution in [0.15, 0.2) is 54.6 Å². The summed E-state index contributed by atoms with van der Waals surface area (Å²) in [6, 6.07) is 17.4. The van der Waals surface area contributed by atoms with Gasteiger partial charge in [-0.3, -0.25) is 9.89 Å². The topological polar surface area (TPSA) is 79.5 Å². The number of hydrogen-bond donors (Lipinski definition) is 2. The van der Waals surface area contributed by atoms with Crippen LogP contribution >= 0.6 is 0 Å². The number of aromatic nitrogens is 2. The minimum Gasteiger partial charge on any atom is -0.493 e. The highest BCUT2D eigenvalue weighted by Gasteiger charge is 2.24. The summed E-state index contributed by atoms with van der Waals surface area (Å²) in [6.45, 7) is 1.64. The molecule has 7 nitrogen and oxygen atoms in total. The molecule has 0 radical (unpaired) electrons. The van der Waals surface area contributed by atoms with Gasteiger partial charge in [0.2, 0.25) is 0 Å². The number of nitrogens with one attached hydrogen (secondary N) is 2. The molecule has 0 bridgehead atoms. The summed E-state index contributed by atoms with van der Waals surface area (Å²) in [5, 5.41) is 10.8. The van der Waals surface area contributed by atoms with Crippen molar-refractivity contribution in [1.82, 2.24) is 15.5 Å². The summed E-state index contributed by atoms with van der Waals surface area (Å²) in [7, 11) is 3.14. The fourth-order valence-electron chi connectivity index (χ4n) is 3.79. The highest BCUT2D eigenvalue weighted by atomic mass is 16.5. The van der Waals surface area contributed by atoms with Crippen molar-refractivity contribution in [3.05, 3.63) is 60.2 Å². The molecule has 1 atom stereocenters. The van der Waals surface area contributed by atoms with Gasteiger partial charge in [-0.05, 0) is 36.6 Å². The SMILES string of the molecule is COc1ccc(C(=O)N[C@H]2CCCN(c3cc(-c4ccccc4)[nH]n3)C2)cc1OC. The van der Waals surface area contributed by atoms with Gasteiger partial charge in [0.25, 0.3) is 5.91 Å². The van der Waals surface area contributed by atoms with Gasteiger partial charge in [0.1, 0.15) is 0 Å². The second-order valence-corrected chi connectivity index (χ2v) is 7.33. The smallest absolute Gasteiger partial charge is 0.251 e. The van der Waals surface area contributed by atoms with Gasteiger partial charge in [-0.25, -0.2) is 0 Å². The van der Waals surface area contributed by atoms with E-state index in [2.05, 4.69) is 38.6 Å². The third kappa shape index (κ3) is 4.25. The van der Waals surface area contributed by atoms with E-state index in [0.29, 0.717) is 17.1 Å². The molecule has 1 aromatic heterocycles. The van der Waals surface area contributed by atoms with E-state index >= 15 is 0 Å². The molecule has 0 saturated carbocycles. The zero-order chi connectivity index (χ0) is 20.9. The Morgan fingerprint density at radius 1 is 1.10 bits per heavy atom. The third-order valence-corrected chi connectivity index (χ3v) is 5.38. The Kier molecular flexibility index (Phi) is 5.88. The van der Waals surface area contributed by atoms with Gasteiger partial charge in [0.15, 0.2) is 17.3 Å². The average molecular weight is 406 g/mol. The highest BCUT2D eigenvalue weighted by molar-refractivity contribution is 5.95. The van der Waals surface area contributed by atoms with E-state index in [1.54, 1.807) is 32.4 Å². The molecule has 3 aromatic rings. The van der Waals surface area contributed by atoms with Gasteiger partial charge in [0, 0.05) is 30.8 Å². The molecule has 0 spiro atoms. The molecule has 1 amide bonds. The monoisotopic (exact) mass is 406 g/mol. The van der Waals surface area contributed by atoms with E-state index < -0.39 is 0 Å². The number of amides is 1. The van der Waals surface area contributed by atoms with Gasteiger partial charge in [0.05, 0.1) is 19.9 Å². The molecular weight excluding hydrogens is 380 g/mol. The molecule has 1 aliphatic rings. The largest absolute Gasteiger partial charge is 0.493 e. The van der Waals surface area contributed by atoms with Crippen LogP contribution in [0.5, 0.6) is 11.5 Å². The average Bonchev–Trinajstić information content (AvgIpc) is 3.30. The molecule has 0 unspecified atom stereocenters. The Morgan fingerprint density at radius 2 is 1.90 bits per heavy atom. The maximum Gasteiger partial charge on any atom is 0.251 e. The number of carbonyl (C=O) groups excluding carboxylic acids is 1. The van der Waals surface area contributed by atoms with E-state index in [4.69, 9.17) is 9.47 Å². The van der Waals surface area contributed by atoms with Gasteiger partial charge in [-0.1, -0.05) is 30.3 Å². The first-order chi connectivity index (χ1) is 14.7. The summed E-state index contributed by atoms with van der Waals surface area (Å²) >= 11 is 0. The van der Waals surface area contributed by atoms with Gasteiger partial charge < -0.3 is 19.7 Å². The van der Waals surface area contributed by atoms with E-state index in [-0.39, 0.29) is 11.9 Å². The number of H-pyrrole nitrogens is 1. The number of ether oxygens (including phenoxy) is 2. The first-order valence-corrected chi connectivity index (χ1v) is 10.1. The molecule has 1 aliphatic heterocycles. The number of nitrogens with zero attached hydrogens (tertiary/aromatic N) is 2. The number of benzene rings is 2. The fraction of sp³-hybridized carbons (Fsp3) is 0.304. The molecular formula is C23H26N4O3. The van der Waals surface area contributed by atoms with Crippen molar-refractivity contribution >= 4 is 11.7 Å². The molecule has 0 aliphatic carbocycles. The first-order valence-electron chi connectivity index (χ1n) is 10.1. The molecule has 1 fully saturated rings. The van der Waals surface area contributed by atoms with E-state index in [1.807, 2.05) is 18.2 Å². The first kappa shape index (κ1) is 19.8. The second kappa shape index (κ2) is 8.90. The number of carbonyl (C=O) groups is 1. The van der Waals surface area contributed by atoms with Crippen LogP contribution in [0, 0.1) is 0 Å². The van der Waals surface area contributed by atoms with Crippen LogP contribution < -0.4 is 19.7 Å². The summed E-state index contributed by atoms with van der Waals surface area (Å²) in [6.07, 6.45) is 1.93. The number of piperidine rings is 1. The summed E-state index contributed by atoms with van der Waals surface area (Å²) in [5.41, 5.74) is 2.64. The number of anilines is 1. The summed E-state index contributed by atoms with van der Waals surface area (Å²) in [4.78, 5) is 15.0. The Hall–Kier alpha value is -3.48. The predicted molar refractivity (Wildman–Crippen MR) is 116 cm³/mol. The number of methoxy groups -OCH3 is 2. The molecule has 7 heteroatoms. The van der Waals surface area contributed by atoms with Gasteiger partial charge in [-0.15, -0.1) is 0 Å². The fourth-order valence-corrected chi connectivity index (χ4v) is 3.79. The van der Waals surface area contributed by atoms with Crippen LogP contribution in [0.3, 0.4) is 0 Å². The van der Waals surface area contributed by atoms with Gasteiger partial charge >= 0.3 is 0 Å². The van der Waals surface area contributed by atoms with Crippen molar-refractivity contribution in [2.75, 3.05) is 32.2 Å². The Balaban J connectivity index is 1.42. The highest BCUT2D eigenvalue weighted by Crippen LogP contribution is 2.28. The zero-order valence-corrected chi connectivity index (χ0v) is 17.2. The third-order valence-electron chi connectivity index (χ3n) is 5.38. The molecule has 156 valence electrons. The molecule has 2 aromatic carbocycles. The van der Waals surface area contributed by atoms with Crippen LogP contribution in [0.2, 0.25) is 0 Å². The maximum atomic E-state index is 12.8. The normalized spacial score (nSPS) is 16.2. The minimum atomic E-state index is -0.116. The van der Waals surface area contributed by atoms with Gasteiger partial charge in [-0.2, -0.15) is 5.10 Å². The van der Waals surface area contributed by atoms with Crippen molar-refractivity contribution in [3.8, 4) is 22.8 Å². The minimum absolute atomic E-state index is 0.0521. The number of hydrogen-bond acceptors (Lipinski definition) is 5. The molecule has 30 heavy (non-hydrogen) atoms. The number of rotatable bonds is 6. The number of aromatic amines is 1.